The number of carbonyl (C=O) groups is 2. The summed E-state index contributed by atoms with van der Waals surface area (Å²) in [4.78, 5) is 32.5. The Labute approximate surface area is 208 Å². The average molecular weight is 471 g/mol. The summed E-state index contributed by atoms with van der Waals surface area (Å²) in [6.45, 7) is 6.57. The lowest BCUT2D eigenvalue weighted by molar-refractivity contribution is -0.136. The number of rotatable bonds is 10. The Hall–Kier alpha value is -3.73. The van der Waals surface area contributed by atoms with Crippen molar-refractivity contribution in [3.63, 3.8) is 0 Å². The van der Waals surface area contributed by atoms with Crippen molar-refractivity contribution in [3.05, 3.63) is 95.3 Å². The molecule has 0 atom stereocenters. The Morgan fingerprint density at radius 3 is 2.14 bits per heavy atom. The van der Waals surface area contributed by atoms with Crippen LogP contribution in [-0.2, 0) is 27.4 Å². The Morgan fingerprint density at radius 2 is 1.49 bits per heavy atom. The van der Waals surface area contributed by atoms with Crippen molar-refractivity contribution in [1.29, 1.82) is 0 Å². The van der Waals surface area contributed by atoms with Crippen LogP contribution in [0.1, 0.15) is 51.2 Å². The summed E-state index contributed by atoms with van der Waals surface area (Å²) in [5.41, 5.74) is 2.84. The fourth-order valence-corrected chi connectivity index (χ4v) is 3.86. The Bertz CT molecular complexity index is 1230. The third-order valence-corrected chi connectivity index (χ3v) is 6.01. The number of nitrogens with zero attached hydrogens (tertiary/aromatic N) is 2. The van der Waals surface area contributed by atoms with Crippen LogP contribution in [-0.4, -0.2) is 29.5 Å². The smallest absolute Gasteiger partial charge is 0.231 e. The van der Waals surface area contributed by atoms with Crippen molar-refractivity contribution in [1.82, 2.24) is 4.90 Å². The number of aliphatic imine (C=N–C) groups is 1. The van der Waals surface area contributed by atoms with E-state index < -0.39 is 0 Å². The number of allylic oxidation sites excluding steroid dienone is 2. The van der Waals surface area contributed by atoms with Crippen LogP contribution >= 0.6 is 0 Å². The van der Waals surface area contributed by atoms with E-state index in [4.69, 9.17) is 4.74 Å². The van der Waals surface area contributed by atoms with Crippen LogP contribution in [0, 0.1) is 0 Å². The molecule has 182 valence electrons. The fourth-order valence-electron chi connectivity index (χ4n) is 3.86. The summed E-state index contributed by atoms with van der Waals surface area (Å²) < 4.78 is 5.84. The molecule has 0 saturated heterocycles. The molecule has 0 unspecified atom stereocenters. The largest absolute Gasteiger partial charge is 0.440 e. The molecule has 0 N–H and O–H groups in total. The Morgan fingerprint density at radius 1 is 0.829 bits per heavy atom. The van der Waals surface area contributed by atoms with Gasteiger partial charge in [0.2, 0.25) is 11.7 Å². The maximum Gasteiger partial charge on any atom is 0.231 e. The number of hydrogen-bond donors (Lipinski definition) is 0. The molecule has 0 spiro atoms. The lowest BCUT2D eigenvalue weighted by atomic mass is 10.1. The van der Waals surface area contributed by atoms with E-state index in [-0.39, 0.29) is 23.9 Å². The molecule has 0 aromatic heterocycles. The van der Waals surface area contributed by atoms with Crippen LogP contribution in [0.15, 0.2) is 89.1 Å². The number of benzene rings is 3. The zero-order valence-corrected chi connectivity index (χ0v) is 21.1. The first-order chi connectivity index (χ1) is 16.9. The van der Waals surface area contributed by atoms with E-state index in [1.54, 1.807) is 11.9 Å². The van der Waals surface area contributed by atoms with Gasteiger partial charge in [-0.15, -0.1) is 0 Å². The quantitative estimate of drug-likeness (QED) is 0.112. The second kappa shape index (κ2) is 12.7. The molecular formula is C30H34N2O3. The van der Waals surface area contributed by atoms with Gasteiger partial charge in [-0.2, -0.15) is 0 Å². The van der Waals surface area contributed by atoms with E-state index in [0.717, 1.165) is 27.5 Å². The van der Waals surface area contributed by atoms with Crippen molar-refractivity contribution in [2.75, 3.05) is 7.05 Å². The fraction of sp³-hybridized carbons (Fsp3) is 0.300. The summed E-state index contributed by atoms with van der Waals surface area (Å²) in [5, 5.41) is 2.27. The number of fused-ring (bicyclic) bond motifs is 1. The van der Waals surface area contributed by atoms with Crippen LogP contribution in [0.3, 0.4) is 0 Å². The van der Waals surface area contributed by atoms with Gasteiger partial charge in [-0.1, -0.05) is 80.6 Å². The molecule has 35 heavy (non-hydrogen) atoms. The van der Waals surface area contributed by atoms with Crippen molar-refractivity contribution < 1.29 is 14.3 Å². The van der Waals surface area contributed by atoms with E-state index in [2.05, 4.69) is 29.3 Å². The van der Waals surface area contributed by atoms with E-state index in [1.807, 2.05) is 69.3 Å². The highest BCUT2D eigenvalue weighted by Gasteiger charge is 2.23. The molecule has 0 aliphatic carbocycles. The summed E-state index contributed by atoms with van der Waals surface area (Å²) in [5.74, 6) is 0.156. The molecule has 0 radical (unpaired) electrons. The first-order valence-corrected chi connectivity index (χ1v) is 12.1. The maximum absolute atomic E-state index is 13.5. The van der Waals surface area contributed by atoms with Gasteiger partial charge in [-0.05, 0) is 46.9 Å². The number of ether oxygens (including phenoxy) is 1. The van der Waals surface area contributed by atoms with Crippen molar-refractivity contribution in [3.8, 4) is 0 Å². The molecule has 5 nitrogen and oxygen atoms in total. The lowest BCUT2D eigenvalue weighted by Gasteiger charge is -2.24. The van der Waals surface area contributed by atoms with Crippen LogP contribution in [0.25, 0.3) is 10.8 Å². The monoisotopic (exact) mass is 470 g/mol. The molecule has 0 heterocycles. The minimum absolute atomic E-state index is 0.230. The van der Waals surface area contributed by atoms with Gasteiger partial charge in [-0.25, -0.2) is 0 Å². The van der Waals surface area contributed by atoms with Gasteiger partial charge in [0.15, 0.2) is 11.7 Å². The van der Waals surface area contributed by atoms with Gasteiger partial charge in [0.05, 0.1) is 6.42 Å². The minimum Gasteiger partial charge on any atom is -0.440 e. The second-order valence-electron chi connectivity index (χ2n) is 8.55. The Kier molecular flexibility index (Phi) is 9.36. The van der Waals surface area contributed by atoms with Gasteiger partial charge in [0, 0.05) is 26.6 Å². The summed E-state index contributed by atoms with van der Waals surface area (Å²) in [6.07, 6.45) is 0.967. The zero-order valence-electron chi connectivity index (χ0n) is 21.1. The summed E-state index contributed by atoms with van der Waals surface area (Å²) in [6, 6.07) is 24.2. The van der Waals surface area contributed by atoms with Crippen molar-refractivity contribution >= 4 is 28.4 Å². The molecule has 0 aliphatic rings. The zero-order chi connectivity index (χ0) is 25.2. The summed E-state index contributed by atoms with van der Waals surface area (Å²) >= 11 is 0. The molecule has 1 amide bonds. The number of Topliss-reactive ketones (excluding diaryl/α,β-unsaturated/α-hetero) is 1. The van der Waals surface area contributed by atoms with Gasteiger partial charge in [0.25, 0.3) is 0 Å². The molecule has 3 rings (SSSR count). The molecule has 0 bridgehead atoms. The standard InChI is InChI=1S/C30H34N2O3/c1-5-22(3)30(35-28(6-2)31-4)27(33)19-29(34)32(20-23-12-8-7-9-13-23)21-24-16-17-25-14-10-11-15-26(25)18-24/h7-18H,5-6,19-21H2,1-4H3/b30-22-,31-28?. The number of ketones is 1. The van der Waals surface area contributed by atoms with Crippen molar-refractivity contribution in [2.45, 2.75) is 53.1 Å². The predicted molar refractivity (Wildman–Crippen MR) is 142 cm³/mol. The highest BCUT2D eigenvalue weighted by molar-refractivity contribution is 6.07. The van der Waals surface area contributed by atoms with Crippen LogP contribution in [0.5, 0.6) is 0 Å². The second-order valence-corrected chi connectivity index (χ2v) is 8.55. The van der Waals surface area contributed by atoms with Crippen LogP contribution in [0.2, 0.25) is 0 Å². The van der Waals surface area contributed by atoms with E-state index in [1.165, 1.54) is 0 Å². The topological polar surface area (TPSA) is 59.0 Å². The maximum atomic E-state index is 13.5. The lowest BCUT2D eigenvalue weighted by Crippen LogP contribution is -2.32. The molecule has 3 aromatic rings. The number of carbonyl (C=O) groups excluding carboxylic acids is 2. The number of hydrogen-bond acceptors (Lipinski definition) is 4. The average Bonchev–Trinajstić information content (AvgIpc) is 2.89. The van der Waals surface area contributed by atoms with E-state index in [9.17, 15) is 9.59 Å². The van der Waals surface area contributed by atoms with Gasteiger partial charge in [0.1, 0.15) is 0 Å². The van der Waals surface area contributed by atoms with E-state index in [0.29, 0.717) is 31.8 Å². The van der Waals surface area contributed by atoms with E-state index >= 15 is 0 Å². The molecule has 3 aromatic carbocycles. The first-order valence-electron chi connectivity index (χ1n) is 12.1. The minimum atomic E-state index is -0.319. The highest BCUT2D eigenvalue weighted by Crippen LogP contribution is 2.20. The van der Waals surface area contributed by atoms with Crippen molar-refractivity contribution in [2.24, 2.45) is 4.99 Å². The van der Waals surface area contributed by atoms with Crippen LogP contribution in [0.4, 0.5) is 0 Å². The first kappa shape index (κ1) is 25.9. The van der Waals surface area contributed by atoms with Gasteiger partial charge < -0.3 is 9.64 Å². The molecule has 0 aliphatic heterocycles. The van der Waals surface area contributed by atoms with Gasteiger partial charge >= 0.3 is 0 Å². The van der Waals surface area contributed by atoms with Gasteiger partial charge in [-0.3, -0.25) is 14.6 Å². The third kappa shape index (κ3) is 7.12. The molecule has 5 heteroatoms. The molecular weight excluding hydrogens is 436 g/mol. The predicted octanol–water partition coefficient (Wildman–Crippen LogP) is 6.47. The Balaban J connectivity index is 1.85. The highest BCUT2D eigenvalue weighted by atomic mass is 16.5. The normalized spacial score (nSPS) is 12.3. The summed E-state index contributed by atoms with van der Waals surface area (Å²) in [7, 11) is 1.64. The van der Waals surface area contributed by atoms with Crippen LogP contribution < -0.4 is 0 Å². The molecule has 0 saturated carbocycles. The third-order valence-electron chi connectivity index (χ3n) is 6.01. The SMILES string of the molecule is CCC(=NC)O/C(C(=O)CC(=O)N(Cc1ccccc1)Cc1ccc2ccccc2c1)=C(/C)CC. The number of amides is 1. The molecule has 0 fully saturated rings.